The van der Waals surface area contributed by atoms with Crippen molar-refractivity contribution >= 4 is 23.8 Å². The second-order valence-electron chi connectivity index (χ2n) is 20.4. The zero-order chi connectivity index (χ0) is 51.1. The minimum absolute atomic E-state index is 0.0541. The van der Waals surface area contributed by atoms with Gasteiger partial charge in [0.05, 0.1) is 14.2 Å². The number of methoxy groups -OCH3 is 2. The molecule has 392 valence electrons. The van der Waals surface area contributed by atoms with E-state index in [1.165, 1.54) is 18.2 Å². The van der Waals surface area contributed by atoms with Gasteiger partial charge >= 0.3 is 36.1 Å². The van der Waals surface area contributed by atoms with Crippen LogP contribution in [0.3, 0.4) is 0 Å². The number of esters is 2. The van der Waals surface area contributed by atoms with E-state index in [1.807, 2.05) is 55.4 Å². The van der Waals surface area contributed by atoms with Crippen LogP contribution in [0.15, 0.2) is 60.7 Å². The molecule has 2 aliphatic heterocycles. The SMILES string of the molecule is COC(=O)[C@@H](CCCCN(C)C)N(C(=O)C(F)(F)F)C1CCC2(CC1)CCN(Cc1ccccc1)C2.COC(=O)[C@@H](CCCCN)N(C(=O)C(F)(F)F)C1CCC2(CC1)CCN(Cc1ccccc1)C2. The van der Waals surface area contributed by atoms with Crippen molar-refractivity contribution in [3.05, 3.63) is 71.8 Å². The Morgan fingerprint density at radius 2 is 0.986 bits per heavy atom. The second kappa shape index (κ2) is 25.9. The average Bonchev–Trinajstić information content (AvgIpc) is 3.92. The largest absolute Gasteiger partial charge is 0.471 e. The number of alkyl halides is 6. The van der Waals surface area contributed by atoms with Crippen molar-refractivity contribution < 1.29 is 55.0 Å². The van der Waals surface area contributed by atoms with Crippen LogP contribution >= 0.6 is 0 Å². The number of amides is 2. The van der Waals surface area contributed by atoms with Gasteiger partial charge in [0.25, 0.3) is 0 Å². The number of halogens is 6. The molecule has 2 N–H and O–H groups in total. The molecule has 2 amide bonds. The third-order valence-corrected chi connectivity index (χ3v) is 15.2. The Hall–Kier alpha value is -4.26. The minimum atomic E-state index is -5.05. The smallest absolute Gasteiger partial charge is 0.467 e. The molecule has 0 aromatic heterocycles. The maximum atomic E-state index is 13.7. The monoisotopic (exact) mass is 995 g/mol. The number of nitrogens with zero attached hydrogens (tertiary/aromatic N) is 5. The maximum Gasteiger partial charge on any atom is 0.471 e. The van der Waals surface area contributed by atoms with Gasteiger partial charge in [0.15, 0.2) is 0 Å². The van der Waals surface area contributed by atoms with Crippen LogP contribution in [-0.4, -0.2) is 152 Å². The zero-order valence-corrected chi connectivity index (χ0v) is 41.6. The van der Waals surface area contributed by atoms with E-state index in [0.717, 1.165) is 108 Å². The highest BCUT2D eigenvalue weighted by Crippen LogP contribution is 2.47. The average molecular weight is 995 g/mol. The molecule has 2 aromatic rings. The first kappa shape index (κ1) is 56.7. The van der Waals surface area contributed by atoms with Gasteiger partial charge in [-0.05, 0) is 165 Å². The number of benzene rings is 2. The number of hydrogen-bond donors (Lipinski definition) is 1. The predicted molar refractivity (Wildman–Crippen MR) is 255 cm³/mol. The van der Waals surface area contributed by atoms with Gasteiger partial charge in [-0.3, -0.25) is 19.4 Å². The summed E-state index contributed by atoms with van der Waals surface area (Å²) in [6.45, 7) is 6.57. The number of carbonyl (C=O) groups is 4. The lowest BCUT2D eigenvalue weighted by atomic mass is 9.71. The van der Waals surface area contributed by atoms with E-state index >= 15 is 0 Å². The lowest BCUT2D eigenvalue weighted by Gasteiger charge is -2.44. The van der Waals surface area contributed by atoms with Gasteiger partial charge in [0, 0.05) is 38.3 Å². The molecule has 2 heterocycles. The van der Waals surface area contributed by atoms with Crippen LogP contribution in [0.4, 0.5) is 26.3 Å². The summed E-state index contributed by atoms with van der Waals surface area (Å²) in [5.74, 6) is -5.45. The van der Waals surface area contributed by atoms with E-state index in [9.17, 15) is 45.5 Å². The molecule has 2 aromatic carbocycles. The first-order chi connectivity index (χ1) is 33.2. The molecule has 2 saturated heterocycles. The highest BCUT2D eigenvalue weighted by Gasteiger charge is 2.53. The van der Waals surface area contributed by atoms with E-state index < -0.39 is 60.3 Å². The number of nitrogens with two attached hydrogens (primary N) is 1. The zero-order valence-electron chi connectivity index (χ0n) is 41.6. The summed E-state index contributed by atoms with van der Waals surface area (Å²) in [7, 11) is 6.14. The Bertz CT molecular complexity index is 1940. The Balaban J connectivity index is 0.000000261. The van der Waals surface area contributed by atoms with Crippen molar-refractivity contribution in [2.75, 3.05) is 67.6 Å². The van der Waals surface area contributed by atoms with Crippen LogP contribution in [0.5, 0.6) is 0 Å². The van der Waals surface area contributed by atoms with Crippen LogP contribution in [0.2, 0.25) is 0 Å². The lowest BCUT2D eigenvalue weighted by molar-refractivity contribution is -0.194. The fraction of sp³-hybridized carbons (Fsp3) is 0.692. The van der Waals surface area contributed by atoms with Crippen molar-refractivity contribution in [1.82, 2.24) is 24.5 Å². The van der Waals surface area contributed by atoms with Crippen LogP contribution in [-0.2, 0) is 41.7 Å². The quantitative estimate of drug-likeness (QED) is 0.0834. The van der Waals surface area contributed by atoms with Gasteiger partial charge in [-0.25, -0.2) is 9.59 Å². The highest BCUT2D eigenvalue weighted by molar-refractivity contribution is 5.88. The maximum absolute atomic E-state index is 13.7. The van der Waals surface area contributed by atoms with E-state index in [-0.39, 0.29) is 23.7 Å². The van der Waals surface area contributed by atoms with Gasteiger partial charge in [0.1, 0.15) is 12.1 Å². The molecular formula is C52H76F6N6O6. The lowest BCUT2D eigenvalue weighted by Crippen LogP contribution is -2.56. The molecule has 2 spiro atoms. The van der Waals surface area contributed by atoms with E-state index in [2.05, 4.69) is 34.1 Å². The van der Waals surface area contributed by atoms with Crippen LogP contribution in [0, 0.1) is 10.8 Å². The first-order valence-electron chi connectivity index (χ1n) is 25.1. The minimum Gasteiger partial charge on any atom is -0.467 e. The molecule has 70 heavy (non-hydrogen) atoms. The summed E-state index contributed by atoms with van der Waals surface area (Å²) in [5.41, 5.74) is 8.13. The Kier molecular flexibility index (Phi) is 21.0. The molecule has 2 atom stereocenters. The molecule has 4 fully saturated rings. The number of rotatable bonds is 19. The normalized spacial score (nSPS) is 23.9. The summed E-state index contributed by atoms with van der Waals surface area (Å²) < 4.78 is 91.4. The highest BCUT2D eigenvalue weighted by atomic mass is 19.4. The number of unbranched alkanes of at least 4 members (excludes halogenated alkanes) is 2. The van der Waals surface area contributed by atoms with Crippen molar-refractivity contribution in [3.8, 4) is 0 Å². The van der Waals surface area contributed by atoms with Crippen LogP contribution in [0.25, 0.3) is 0 Å². The third kappa shape index (κ3) is 15.9. The first-order valence-corrected chi connectivity index (χ1v) is 25.1. The molecule has 4 aliphatic rings. The number of ether oxygens (including phenoxy) is 2. The summed E-state index contributed by atoms with van der Waals surface area (Å²) in [5, 5.41) is 0. The fourth-order valence-electron chi connectivity index (χ4n) is 11.5. The molecule has 0 radical (unpaired) electrons. The molecule has 0 bridgehead atoms. The Morgan fingerprint density at radius 1 is 0.614 bits per heavy atom. The van der Waals surface area contributed by atoms with E-state index in [1.54, 1.807) is 0 Å². The van der Waals surface area contributed by atoms with E-state index in [4.69, 9.17) is 15.2 Å². The molecule has 18 heteroatoms. The predicted octanol–water partition coefficient (Wildman–Crippen LogP) is 8.37. The molecule has 0 unspecified atom stereocenters. The van der Waals surface area contributed by atoms with Crippen LogP contribution in [0.1, 0.15) is 114 Å². The summed E-state index contributed by atoms with van der Waals surface area (Å²) in [4.78, 5) is 58.6. The van der Waals surface area contributed by atoms with Gasteiger partial charge in [-0.2, -0.15) is 26.3 Å². The van der Waals surface area contributed by atoms with Crippen LogP contribution < -0.4 is 5.73 Å². The Morgan fingerprint density at radius 3 is 1.31 bits per heavy atom. The third-order valence-electron chi connectivity index (χ3n) is 15.2. The molecule has 2 aliphatic carbocycles. The second-order valence-corrected chi connectivity index (χ2v) is 20.4. The van der Waals surface area contributed by atoms with Gasteiger partial charge in [-0.15, -0.1) is 0 Å². The molecule has 12 nitrogen and oxygen atoms in total. The van der Waals surface area contributed by atoms with Gasteiger partial charge < -0.3 is 29.9 Å². The summed E-state index contributed by atoms with van der Waals surface area (Å²) in [6, 6.07) is 16.8. The van der Waals surface area contributed by atoms with Crippen molar-refractivity contribution in [2.45, 2.75) is 152 Å². The number of hydrogen-bond acceptors (Lipinski definition) is 10. The molecular weight excluding hydrogens is 919 g/mol. The van der Waals surface area contributed by atoms with Gasteiger partial charge in [0.2, 0.25) is 0 Å². The number of likely N-dealkylation sites (tertiary alicyclic amines) is 2. The van der Waals surface area contributed by atoms with Crippen molar-refractivity contribution in [1.29, 1.82) is 0 Å². The molecule has 6 rings (SSSR count). The topological polar surface area (TPSA) is 129 Å². The van der Waals surface area contributed by atoms with Gasteiger partial charge in [-0.1, -0.05) is 60.7 Å². The fourth-order valence-corrected chi connectivity index (χ4v) is 11.5. The van der Waals surface area contributed by atoms with Crippen molar-refractivity contribution in [2.24, 2.45) is 16.6 Å². The van der Waals surface area contributed by atoms with Crippen molar-refractivity contribution in [3.63, 3.8) is 0 Å². The standard InChI is InChI=1S/C27H40F3N3O3.C25H36F3N3O3/c1-31(2)17-8-7-11-23(24(34)36-3)33(25(35)27(28,29)30)22-12-14-26(15-13-22)16-18-32(20-26)19-21-9-5-4-6-10-21;1-34-22(32)21(9-5-6-15-29)31(23(33)25(26,27)28)20-10-12-24(13-11-20)14-16-30(18-24)17-19-7-3-2-4-8-19/h4-6,9-10,22-23H,7-8,11-20H2,1-3H3;2-4,7-8,20-21H,5-6,9-18,29H2,1H3/t22?,23-,26?;20?,21-,24?/m11/s1. The number of carbonyl (C=O) groups excluding carboxylic acids is 4. The summed E-state index contributed by atoms with van der Waals surface area (Å²) >= 11 is 0. The van der Waals surface area contributed by atoms with E-state index in [0.29, 0.717) is 51.5 Å². The summed E-state index contributed by atoms with van der Waals surface area (Å²) in [6.07, 6.45) is -0.746. The Labute approximate surface area is 410 Å². The molecule has 2 saturated carbocycles.